The zero-order valence-electron chi connectivity index (χ0n) is 7.37. The van der Waals surface area contributed by atoms with E-state index in [1.807, 2.05) is 0 Å². The van der Waals surface area contributed by atoms with Gasteiger partial charge in [0.25, 0.3) is 6.43 Å². The molecule has 0 aliphatic rings. The number of halogens is 2. The van der Waals surface area contributed by atoms with Crippen LogP contribution in [-0.2, 0) is 13.2 Å². The van der Waals surface area contributed by atoms with Gasteiger partial charge in [0.15, 0.2) is 0 Å². The average molecular weight is 203 g/mol. The maximum Gasteiger partial charge on any atom is 0.264 e. The minimum atomic E-state index is -2.69. The molecule has 0 aliphatic heterocycles. The van der Waals surface area contributed by atoms with Crippen LogP contribution < -0.4 is 11.5 Å². The molecule has 0 unspecified atom stereocenters. The topological polar surface area (TPSA) is 85.2 Å². The Labute approximate surface area is 79.6 Å². The van der Waals surface area contributed by atoms with E-state index in [4.69, 9.17) is 16.6 Å². The molecule has 1 heterocycles. The van der Waals surface area contributed by atoms with Crippen LogP contribution in [0.1, 0.15) is 23.2 Å². The Bertz CT molecular complexity index is 331. The maximum atomic E-state index is 12.5. The summed E-state index contributed by atoms with van der Waals surface area (Å²) in [5.41, 5.74) is 10.6. The summed E-state index contributed by atoms with van der Waals surface area (Å²) in [7, 11) is 0. The number of anilines is 1. The molecule has 1 rings (SSSR count). The molecule has 0 fully saturated rings. The number of aliphatic hydroxyl groups is 1. The Kier molecular flexibility index (Phi) is 3.32. The van der Waals surface area contributed by atoms with E-state index < -0.39 is 13.0 Å². The number of nitrogens with zero attached hydrogens (tertiary/aromatic N) is 1. The molecule has 0 saturated heterocycles. The number of nitrogens with two attached hydrogens (primary N) is 2. The van der Waals surface area contributed by atoms with E-state index in [2.05, 4.69) is 4.98 Å². The molecule has 6 heteroatoms. The summed E-state index contributed by atoms with van der Waals surface area (Å²) in [4.78, 5) is 3.76. The summed E-state index contributed by atoms with van der Waals surface area (Å²) in [6, 6.07) is 1.16. The maximum absolute atomic E-state index is 12.5. The van der Waals surface area contributed by atoms with Crippen molar-refractivity contribution in [2.45, 2.75) is 19.6 Å². The minimum Gasteiger partial charge on any atom is -0.392 e. The van der Waals surface area contributed by atoms with E-state index in [-0.39, 0.29) is 29.2 Å². The van der Waals surface area contributed by atoms with E-state index in [0.29, 0.717) is 0 Å². The molecule has 0 spiro atoms. The first kappa shape index (κ1) is 10.8. The number of aliphatic hydroxyl groups excluding tert-OH is 1. The smallest absolute Gasteiger partial charge is 0.264 e. The molecular weight excluding hydrogens is 192 g/mol. The Balaban J connectivity index is 3.28. The lowest BCUT2D eigenvalue weighted by atomic mass is 10.1. The summed E-state index contributed by atoms with van der Waals surface area (Å²) >= 11 is 0. The molecule has 5 N–H and O–H groups in total. The standard InChI is InChI=1S/C8H11F2N3O/c9-7(10)5-1-4(2-11)13-8(12)6(5)3-14/h1,7,14H,2-3,11H2,(H2,12,13). The molecule has 0 radical (unpaired) electrons. The molecule has 0 atom stereocenters. The summed E-state index contributed by atoms with van der Waals surface area (Å²) in [5, 5.41) is 8.83. The van der Waals surface area contributed by atoms with Crippen LogP contribution in [0.2, 0.25) is 0 Å². The van der Waals surface area contributed by atoms with Crippen molar-refractivity contribution < 1.29 is 13.9 Å². The SMILES string of the molecule is NCc1cc(C(F)F)c(CO)c(N)n1. The molecule has 78 valence electrons. The number of alkyl halides is 2. The van der Waals surface area contributed by atoms with Gasteiger partial charge in [0.05, 0.1) is 12.3 Å². The predicted octanol–water partition coefficient (Wildman–Crippen LogP) is 0.552. The molecule has 0 amide bonds. The Hall–Kier alpha value is -1.27. The van der Waals surface area contributed by atoms with Crippen LogP contribution in [0.25, 0.3) is 0 Å². The van der Waals surface area contributed by atoms with Gasteiger partial charge in [-0.25, -0.2) is 13.8 Å². The molecule has 0 bridgehead atoms. The van der Waals surface area contributed by atoms with Crippen LogP contribution in [0, 0.1) is 0 Å². The van der Waals surface area contributed by atoms with Crippen LogP contribution >= 0.6 is 0 Å². The third kappa shape index (κ3) is 1.97. The second-order valence-electron chi connectivity index (χ2n) is 2.73. The van der Waals surface area contributed by atoms with Crippen molar-refractivity contribution in [3.8, 4) is 0 Å². The van der Waals surface area contributed by atoms with Crippen LogP contribution in [0.15, 0.2) is 6.07 Å². The van der Waals surface area contributed by atoms with Gasteiger partial charge in [-0.15, -0.1) is 0 Å². The van der Waals surface area contributed by atoms with Crippen molar-refractivity contribution in [3.63, 3.8) is 0 Å². The van der Waals surface area contributed by atoms with Gasteiger partial charge in [-0.2, -0.15) is 0 Å². The lowest BCUT2D eigenvalue weighted by molar-refractivity contribution is 0.147. The second kappa shape index (κ2) is 4.30. The highest BCUT2D eigenvalue weighted by Gasteiger charge is 2.16. The van der Waals surface area contributed by atoms with Gasteiger partial charge in [-0.3, -0.25) is 0 Å². The number of hydrogen-bond acceptors (Lipinski definition) is 4. The molecule has 0 aliphatic carbocycles. The van der Waals surface area contributed by atoms with Crippen LogP contribution in [-0.4, -0.2) is 10.1 Å². The van der Waals surface area contributed by atoms with Crippen molar-refractivity contribution in [2.24, 2.45) is 5.73 Å². The van der Waals surface area contributed by atoms with Crippen LogP contribution in [0.5, 0.6) is 0 Å². The fourth-order valence-corrected chi connectivity index (χ4v) is 1.14. The third-order valence-electron chi connectivity index (χ3n) is 1.85. The zero-order chi connectivity index (χ0) is 10.7. The number of pyridine rings is 1. The fraction of sp³-hybridized carbons (Fsp3) is 0.375. The first-order valence-electron chi connectivity index (χ1n) is 3.97. The predicted molar refractivity (Wildman–Crippen MR) is 47.4 cm³/mol. The first-order valence-corrected chi connectivity index (χ1v) is 3.97. The number of aromatic nitrogens is 1. The van der Waals surface area contributed by atoms with E-state index in [9.17, 15) is 8.78 Å². The molecule has 1 aromatic heterocycles. The number of hydrogen-bond donors (Lipinski definition) is 3. The van der Waals surface area contributed by atoms with Gasteiger partial charge in [0.2, 0.25) is 0 Å². The lowest BCUT2D eigenvalue weighted by Crippen LogP contribution is -2.09. The summed E-state index contributed by atoms with van der Waals surface area (Å²) in [6.45, 7) is -0.515. The Morgan fingerprint density at radius 2 is 2.14 bits per heavy atom. The van der Waals surface area contributed by atoms with Crippen molar-refractivity contribution in [3.05, 3.63) is 22.9 Å². The van der Waals surface area contributed by atoms with Gasteiger partial charge in [-0.1, -0.05) is 0 Å². The first-order chi connectivity index (χ1) is 6.60. The normalized spacial score (nSPS) is 10.9. The highest BCUT2D eigenvalue weighted by molar-refractivity contribution is 5.46. The molecule has 0 aromatic carbocycles. The monoisotopic (exact) mass is 203 g/mol. The fourth-order valence-electron chi connectivity index (χ4n) is 1.14. The summed E-state index contributed by atoms with van der Waals surface area (Å²) in [5.74, 6) is -0.0919. The van der Waals surface area contributed by atoms with Gasteiger partial charge < -0.3 is 16.6 Å². The zero-order valence-corrected chi connectivity index (χ0v) is 7.37. The highest BCUT2D eigenvalue weighted by atomic mass is 19.3. The van der Waals surface area contributed by atoms with Crippen molar-refractivity contribution in [1.29, 1.82) is 0 Å². The van der Waals surface area contributed by atoms with Gasteiger partial charge in [0, 0.05) is 17.7 Å². The van der Waals surface area contributed by atoms with Crippen LogP contribution in [0.4, 0.5) is 14.6 Å². The third-order valence-corrected chi connectivity index (χ3v) is 1.85. The van der Waals surface area contributed by atoms with Crippen molar-refractivity contribution in [2.75, 3.05) is 5.73 Å². The highest BCUT2D eigenvalue weighted by Crippen LogP contribution is 2.26. The minimum absolute atomic E-state index is 0.0304. The Morgan fingerprint density at radius 3 is 2.57 bits per heavy atom. The Morgan fingerprint density at radius 1 is 1.50 bits per heavy atom. The second-order valence-corrected chi connectivity index (χ2v) is 2.73. The largest absolute Gasteiger partial charge is 0.392 e. The average Bonchev–Trinajstić information content (AvgIpc) is 2.16. The summed E-state index contributed by atoms with van der Waals surface area (Å²) < 4.78 is 25.0. The summed E-state index contributed by atoms with van der Waals surface area (Å²) in [6.07, 6.45) is -2.69. The van der Waals surface area contributed by atoms with Crippen molar-refractivity contribution >= 4 is 5.82 Å². The van der Waals surface area contributed by atoms with Crippen molar-refractivity contribution in [1.82, 2.24) is 4.98 Å². The van der Waals surface area contributed by atoms with E-state index >= 15 is 0 Å². The molecule has 14 heavy (non-hydrogen) atoms. The van der Waals surface area contributed by atoms with E-state index in [0.717, 1.165) is 6.07 Å². The number of rotatable bonds is 3. The van der Waals surface area contributed by atoms with Gasteiger partial charge in [-0.05, 0) is 6.07 Å². The number of nitrogen functional groups attached to an aromatic ring is 1. The molecule has 4 nitrogen and oxygen atoms in total. The molecule has 1 aromatic rings. The quantitative estimate of drug-likeness (QED) is 0.669. The van der Waals surface area contributed by atoms with Gasteiger partial charge >= 0.3 is 0 Å². The van der Waals surface area contributed by atoms with Crippen LogP contribution in [0.3, 0.4) is 0 Å². The van der Waals surface area contributed by atoms with E-state index in [1.165, 1.54) is 0 Å². The lowest BCUT2D eigenvalue weighted by Gasteiger charge is -2.10. The molecular formula is C8H11F2N3O. The molecule has 0 saturated carbocycles. The van der Waals surface area contributed by atoms with E-state index in [1.54, 1.807) is 0 Å². The van der Waals surface area contributed by atoms with Gasteiger partial charge in [0.1, 0.15) is 5.82 Å².